The van der Waals surface area contributed by atoms with Gasteiger partial charge in [-0.2, -0.15) is 0 Å². The van der Waals surface area contributed by atoms with E-state index in [1.54, 1.807) is 30.3 Å². The molecule has 0 atom stereocenters. The molecule has 3 rings (SSSR count). The van der Waals surface area contributed by atoms with Crippen molar-refractivity contribution in [3.05, 3.63) is 88.2 Å². The molecular formula is C26H23ClFNO6. The molecule has 1 amide bonds. The van der Waals surface area contributed by atoms with Crippen LogP contribution < -0.4 is 14.8 Å². The summed E-state index contributed by atoms with van der Waals surface area (Å²) in [6.45, 7) is 3.78. The molecule has 35 heavy (non-hydrogen) atoms. The minimum atomic E-state index is -0.878. The molecule has 0 fully saturated rings. The maximum absolute atomic E-state index is 13.9. The van der Waals surface area contributed by atoms with Crippen molar-refractivity contribution in [2.24, 2.45) is 0 Å². The highest BCUT2D eigenvalue weighted by molar-refractivity contribution is 6.30. The predicted octanol–water partition coefficient (Wildman–Crippen LogP) is 5.30. The quantitative estimate of drug-likeness (QED) is 0.300. The highest BCUT2D eigenvalue weighted by Crippen LogP contribution is 2.30. The number of carbonyl (C=O) groups excluding carboxylic acids is 3. The fourth-order valence-corrected chi connectivity index (χ4v) is 3.35. The lowest BCUT2D eigenvalue weighted by atomic mass is 9.98. The van der Waals surface area contributed by atoms with Crippen LogP contribution in [0.4, 0.5) is 10.1 Å². The molecule has 0 radical (unpaired) electrons. The lowest BCUT2D eigenvalue weighted by Gasteiger charge is -2.13. The van der Waals surface area contributed by atoms with Crippen LogP contribution in [-0.2, 0) is 9.53 Å². The summed E-state index contributed by atoms with van der Waals surface area (Å²) >= 11 is 5.69. The van der Waals surface area contributed by atoms with Crippen LogP contribution in [0.2, 0.25) is 5.02 Å². The van der Waals surface area contributed by atoms with Crippen LogP contribution in [-0.4, -0.2) is 37.5 Å². The van der Waals surface area contributed by atoms with Crippen LogP contribution in [0.3, 0.4) is 0 Å². The van der Waals surface area contributed by atoms with Gasteiger partial charge in [-0.15, -0.1) is 0 Å². The number of ether oxygens (including phenoxy) is 3. The number of hydrogen-bond donors (Lipinski definition) is 1. The first-order valence-electron chi connectivity index (χ1n) is 10.8. The van der Waals surface area contributed by atoms with E-state index in [1.165, 1.54) is 24.3 Å². The molecule has 0 aliphatic carbocycles. The average molecular weight is 500 g/mol. The van der Waals surface area contributed by atoms with Crippen LogP contribution in [0.15, 0.2) is 60.7 Å². The van der Waals surface area contributed by atoms with Gasteiger partial charge >= 0.3 is 5.97 Å². The van der Waals surface area contributed by atoms with Gasteiger partial charge < -0.3 is 19.5 Å². The van der Waals surface area contributed by atoms with E-state index in [2.05, 4.69) is 5.32 Å². The van der Waals surface area contributed by atoms with Crippen molar-refractivity contribution in [3.63, 3.8) is 0 Å². The molecule has 0 saturated carbocycles. The number of amides is 1. The Morgan fingerprint density at radius 1 is 0.886 bits per heavy atom. The zero-order chi connectivity index (χ0) is 25.4. The topological polar surface area (TPSA) is 90.9 Å². The molecule has 3 aromatic carbocycles. The summed E-state index contributed by atoms with van der Waals surface area (Å²) in [4.78, 5) is 38.0. The first kappa shape index (κ1) is 25.7. The Morgan fingerprint density at radius 3 is 2.26 bits per heavy atom. The van der Waals surface area contributed by atoms with Gasteiger partial charge in [-0.1, -0.05) is 29.8 Å². The molecule has 0 unspecified atom stereocenters. The Labute approximate surface area is 206 Å². The summed E-state index contributed by atoms with van der Waals surface area (Å²) in [5, 5.41) is 2.47. The minimum absolute atomic E-state index is 0.0187. The molecular weight excluding hydrogens is 477 g/mol. The maximum atomic E-state index is 13.9. The standard InChI is InChI=1S/C26H23ClFNO6/c1-3-33-22-12-9-16(13-23(22)34-4-2)25(31)18-7-5-6-8-19(18)26(32)35-15-24(30)29-21-11-10-17(27)14-20(21)28/h5-14H,3-4,15H2,1-2H3,(H,29,30). The molecule has 7 nitrogen and oxygen atoms in total. The molecule has 0 saturated heterocycles. The van der Waals surface area contributed by atoms with Crippen molar-refractivity contribution in [3.8, 4) is 11.5 Å². The zero-order valence-electron chi connectivity index (χ0n) is 19.1. The van der Waals surface area contributed by atoms with E-state index in [9.17, 15) is 18.8 Å². The fraction of sp³-hybridized carbons (Fsp3) is 0.192. The normalized spacial score (nSPS) is 10.4. The summed E-state index contributed by atoms with van der Waals surface area (Å²) in [7, 11) is 0. The summed E-state index contributed by atoms with van der Waals surface area (Å²) in [6.07, 6.45) is 0. The third-order valence-corrected chi connectivity index (χ3v) is 4.97. The van der Waals surface area contributed by atoms with E-state index >= 15 is 0 Å². The van der Waals surface area contributed by atoms with Crippen molar-refractivity contribution in [2.75, 3.05) is 25.1 Å². The summed E-state index contributed by atoms with van der Waals surface area (Å²) in [5.74, 6) is -1.88. The van der Waals surface area contributed by atoms with Gasteiger partial charge in [-0.05, 0) is 56.3 Å². The molecule has 0 aliphatic heterocycles. The van der Waals surface area contributed by atoms with E-state index in [-0.39, 0.29) is 27.4 Å². The molecule has 0 aromatic heterocycles. The number of benzene rings is 3. The van der Waals surface area contributed by atoms with Crippen molar-refractivity contribution in [2.45, 2.75) is 13.8 Å². The number of esters is 1. The number of ketones is 1. The Kier molecular flexibility index (Phi) is 8.80. The summed E-state index contributed by atoms with van der Waals surface area (Å²) < 4.78 is 30.0. The molecule has 0 spiro atoms. The average Bonchev–Trinajstić information content (AvgIpc) is 2.85. The minimum Gasteiger partial charge on any atom is -0.490 e. The number of halogens is 2. The van der Waals surface area contributed by atoms with Gasteiger partial charge in [0.05, 0.1) is 24.5 Å². The van der Waals surface area contributed by atoms with Crippen LogP contribution in [0.25, 0.3) is 0 Å². The first-order chi connectivity index (χ1) is 16.8. The number of nitrogens with one attached hydrogen (secondary N) is 1. The summed E-state index contributed by atoms with van der Waals surface area (Å²) in [5.41, 5.74) is 0.253. The molecule has 182 valence electrons. The van der Waals surface area contributed by atoms with E-state index in [0.717, 1.165) is 6.07 Å². The van der Waals surface area contributed by atoms with Crippen LogP contribution >= 0.6 is 11.6 Å². The SMILES string of the molecule is CCOc1ccc(C(=O)c2ccccc2C(=O)OCC(=O)Nc2ccc(Cl)cc2F)cc1OCC. The van der Waals surface area contributed by atoms with Gasteiger partial charge in [0.1, 0.15) is 5.82 Å². The number of carbonyl (C=O) groups is 3. The molecule has 0 bridgehead atoms. The second kappa shape index (κ2) is 12.0. The second-order valence-electron chi connectivity index (χ2n) is 7.15. The van der Waals surface area contributed by atoms with Gasteiger partial charge in [-0.3, -0.25) is 9.59 Å². The third kappa shape index (κ3) is 6.58. The van der Waals surface area contributed by atoms with Gasteiger partial charge in [0.2, 0.25) is 0 Å². The highest BCUT2D eigenvalue weighted by atomic mass is 35.5. The van der Waals surface area contributed by atoms with E-state index in [4.69, 9.17) is 25.8 Å². The molecule has 0 heterocycles. The zero-order valence-corrected chi connectivity index (χ0v) is 19.9. The Hall–Kier alpha value is -3.91. The van der Waals surface area contributed by atoms with Crippen LogP contribution in [0.5, 0.6) is 11.5 Å². The molecule has 9 heteroatoms. The van der Waals surface area contributed by atoms with E-state index in [0.29, 0.717) is 24.7 Å². The van der Waals surface area contributed by atoms with Gasteiger partial charge in [0.25, 0.3) is 5.91 Å². The van der Waals surface area contributed by atoms with Crippen molar-refractivity contribution in [1.29, 1.82) is 0 Å². The number of rotatable bonds is 10. The van der Waals surface area contributed by atoms with Crippen molar-refractivity contribution in [1.82, 2.24) is 0 Å². The van der Waals surface area contributed by atoms with Crippen LogP contribution in [0.1, 0.15) is 40.1 Å². The van der Waals surface area contributed by atoms with Crippen molar-refractivity contribution < 1.29 is 33.0 Å². The molecule has 3 aromatic rings. The first-order valence-corrected chi connectivity index (χ1v) is 11.2. The molecule has 0 aliphatic rings. The fourth-order valence-electron chi connectivity index (χ4n) is 3.19. The predicted molar refractivity (Wildman–Crippen MR) is 129 cm³/mol. The van der Waals surface area contributed by atoms with Crippen LogP contribution in [0, 0.1) is 5.82 Å². The van der Waals surface area contributed by atoms with Gasteiger partial charge in [-0.25, -0.2) is 9.18 Å². The smallest absolute Gasteiger partial charge is 0.339 e. The Balaban J connectivity index is 1.74. The second-order valence-corrected chi connectivity index (χ2v) is 7.59. The number of anilines is 1. The lowest BCUT2D eigenvalue weighted by molar-refractivity contribution is -0.119. The monoisotopic (exact) mass is 499 g/mol. The summed E-state index contributed by atoms with van der Waals surface area (Å²) in [6, 6.07) is 14.6. The Bertz CT molecular complexity index is 1250. The van der Waals surface area contributed by atoms with Gasteiger partial charge in [0, 0.05) is 16.1 Å². The van der Waals surface area contributed by atoms with E-state index in [1.807, 2.05) is 13.8 Å². The molecule has 1 N–H and O–H groups in total. The largest absolute Gasteiger partial charge is 0.490 e. The third-order valence-electron chi connectivity index (χ3n) is 4.74. The van der Waals surface area contributed by atoms with E-state index < -0.39 is 30.1 Å². The lowest BCUT2D eigenvalue weighted by Crippen LogP contribution is -2.22. The Morgan fingerprint density at radius 2 is 1.57 bits per heavy atom. The van der Waals surface area contributed by atoms with Crippen molar-refractivity contribution >= 4 is 34.9 Å². The highest BCUT2D eigenvalue weighted by Gasteiger charge is 2.21. The van der Waals surface area contributed by atoms with Gasteiger partial charge in [0.15, 0.2) is 23.9 Å². The number of hydrogen-bond acceptors (Lipinski definition) is 6. The maximum Gasteiger partial charge on any atom is 0.339 e.